The molecule has 0 aromatic carbocycles. The van der Waals surface area contributed by atoms with Gasteiger partial charge in [-0.2, -0.15) is 13.2 Å². The van der Waals surface area contributed by atoms with Crippen molar-refractivity contribution in [2.24, 2.45) is 5.73 Å². The highest BCUT2D eigenvalue weighted by Gasteiger charge is 2.33. The van der Waals surface area contributed by atoms with E-state index in [2.05, 4.69) is 4.98 Å². The Hall–Kier alpha value is -1.35. The molecule has 0 aliphatic carbocycles. The maximum atomic E-state index is 12.6. The average Bonchev–Trinajstić information content (AvgIpc) is 2.33. The average molecular weight is 311 g/mol. The van der Waals surface area contributed by atoms with Crippen molar-refractivity contribution in [3.63, 3.8) is 0 Å². The Morgan fingerprint density at radius 3 is 2.40 bits per heavy atom. The second kappa shape index (κ2) is 5.96. The van der Waals surface area contributed by atoms with Gasteiger partial charge in [-0.1, -0.05) is 6.07 Å². The molecule has 0 saturated heterocycles. The molecule has 1 rings (SSSR count). The number of aromatic nitrogens is 1. The third kappa shape index (κ3) is 4.64. The maximum absolute atomic E-state index is 12.6. The Balaban J connectivity index is 3.07. The number of alkyl halides is 3. The van der Waals surface area contributed by atoms with Crippen LogP contribution < -0.4 is 10.6 Å². The monoisotopic (exact) mass is 311 g/mol. The zero-order valence-corrected chi connectivity index (χ0v) is 11.9. The molecule has 0 bridgehead atoms. The van der Waals surface area contributed by atoms with Gasteiger partial charge in [-0.05, 0) is 6.07 Å². The smallest absolute Gasteiger partial charge is 0.358 e. The molecule has 2 N–H and O–H groups in total. The molecule has 0 spiro atoms. The van der Waals surface area contributed by atoms with Crippen molar-refractivity contribution in [1.82, 2.24) is 4.98 Å². The highest BCUT2D eigenvalue weighted by atomic mass is 32.2. The van der Waals surface area contributed by atoms with Gasteiger partial charge in [0.2, 0.25) is 0 Å². The molecule has 114 valence electrons. The molecule has 0 aliphatic rings. The molecule has 0 radical (unpaired) electrons. The summed E-state index contributed by atoms with van der Waals surface area (Å²) in [6.45, 7) is 0.0594. The molecule has 0 amide bonds. The molecule has 0 fully saturated rings. The summed E-state index contributed by atoms with van der Waals surface area (Å²) >= 11 is 0. The van der Waals surface area contributed by atoms with Gasteiger partial charge in [0, 0.05) is 32.0 Å². The minimum absolute atomic E-state index is 0.0175. The first-order chi connectivity index (χ1) is 9.04. The Labute approximate surface area is 115 Å². The van der Waals surface area contributed by atoms with E-state index in [0.717, 1.165) is 12.3 Å². The summed E-state index contributed by atoms with van der Waals surface area (Å²) in [5, 5.41) is 0. The molecular weight excluding hydrogens is 295 g/mol. The van der Waals surface area contributed by atoms with E-state index in [-0.39, 0.29) is 24.7 Å². The highest BCUT2D eigenvalue weighted by Crippen LogP contribution is 2.30. The van der Waals surface area contributed by atoms with Gasteiger partial charge >= 0.3 is 6.18 Å². The zero-order valence-electron chi connectivity index (χ0n) is 11.1. The molecular formula is C11H16F3N3O2S. The number of pyridine rings is 1. The number of halogens is 3. The lowest BCUT2D eigenvalue weighted by molar-refractivity contribution is -0.141. The fraction of sp³-hybridized carbons (Fsp3) is 0.545. The number of nitrogens with zero attached hydrogens (tertiary/aromatic N) is 2. The molecule has 0 saturated carbocycles. The second-order valence-corrected chi connectivity index (χ2v) is 6.69. The third-order valence-corrected chi connectivity index (χ3v) is 3.55. The first kappa shape index (κ1) is 16.7. The quantitative estimate of drug-likeness (QED) is 0.879. The van der Waals surface area contributed by atoms with Crippen LogP contribution in [0.1, 0.15) is 11.3 Å². The molecule has 0 aliphatic heterocycles. The van der Waals surface area contributed by atoms with Crippen LogP contribution in [0.25, 0.3) is 0 Å². The summed E-state index contributed by atoms with van der Waals surface area (Å²) in [5.74, 6) is -0.128. The Morgan fingerprint density at radius 1 is 1.35 bits per heavy atom. The van der Waals surface area contributed by atoms with E-state index in [1.54, 1.807) is 0 Å². The number of hydrogen-bond donors (Lipinski definition) is 1. The fourth-order valence-electron chi connectivity index (χ4n) is 1.53. The van der Waals surface area contributed by atoms with Gasteiger partial charge in [0.1, 0.15) is 21.3 Å². The number of rotatable bonds is 5. The van der Waals surface area contributed by atoms with Crippen LogP contribution in [0.5, 0.6) is 0 Å². The van der Waals surface area contributed by atoms with E-state index in [1.165, 1.54) is 18.0 Å². The number of hydrogen-bond acceptors (Lipinski definition) is 5. The van der Waals surface area contributed by atoms with Gasteiger partial charge in [-0.25, -0.2) is 13.4 Å². The van der Waals surface area contributed by atoms with Crippen LogP contribution in [0.3, 0.4) is 0 Å². The van der Waals surface area contributed by atoms with Crippen LogP contribution in [-0.4, -0.2) is 39.0 Å². The van der Waals surface area contributed by atoms with Gasteiger partial charge in [-0.15, -0.1) is 0 Å². The fourth-order valence-corrected chi connectivity index (χ4v) is 2.14. The lowest BCUT2D eigenvalue weighted by Crippen LogP contribution is -2.28. The summed E-state index contributed by atoms with van der Waals surface area (Å²) in [7, 11) is -1.73. The van der Waals surface area contributed by atoms with Gasteiger partial charge < -0.3 is 10.6 Å². The summed E-state index contributed by atoms with van der Waals surface area (Å²) in [6.07, 6.45) is -3.50. The van der Waals surface area contributed by atoms with E-state index in [0.29, 0.717) is 5.56 Å². The van der Waals surface area contributed by atoms with E-state index >= 15 is 0 Å². The Morgan fingerprint density at radius 2 is 1.95 bits per heavy atom. The maximum Gasteiger partial charge on any atom is 0.433 e. The van der Waals surface area contributed by atoms with Gasteiger partial charge in [0.25, 0.3) is 0 Å². The summed E-state index contributed by atoms with van der Waals surface area (Å²) in [5.41, 5.74) is 4.86. The van der Waals surface area contributed by atoms with Crippen molar-refractivity contribution < 1.29 is 21.6 Å². The SMILES string of the molecule is CN(CCS(C)(=O)=O)c1nc(C(F)(F)F)ccc1CN. The van der Waals surface area contributed by atoms with E-state index < -0.39 is 21.7 Å². The molecule has 0 unspecified atom stereocenters. The lowest BCUT2D eigenvalue weighted by atomic mass is 10.2. The van der Waals surface area contributed by atoms with Crippen LogP contribution in [0.2, 0.25) is 0 Å². The largest absolute Gasteiger partial charge is 0.433 e. The topological polar surface area (TPSA) is 76.3 Å². The van der Waals surface area contributed by atoms with Gasteiger partial charge in [0.05, 0.1) is 5.75 Å². The van der Waals surface area contributed by atoms with Crippen LogP contribution >= 0.6 is 0 Å². The summed E-state index contributed by atoms with van der Waals surface area (Å²) < 4.78 is 60.1. The normalized spacial score (nSPS) is 12.5. The summed E-state index contributed by atoms with van der Waals surface area (Å²) in [6, 6.07) is 2.11. The second-order valence-electron chi connectivity index (χ2n) is 4.43. The first-order valence-corrected chi connectivity index (χ1v) is 7.76. The van der Waals surface area contributed by atoms with Crippen LogP contribution in [0.4, 0.5) is 19.0 Å². The van der Waals surface area contributed by atoms with Crippen molar-refractivity contribution in [3.8, 4) is 0 Å². The van der Waals surface area contributed by atoms with E-state index in [1.807, 2.05) is 0 Å². The first-order valence-electron chi connectivity index (χ1n) is 5.70. The molecule has 1 aromatic rings. The Bertz CT molecular complexity index is 573. The van der Waals surface area contributed by atoms with Crippen molar-refractivity contribution in [2.75, 3.05) is 30.5 Å². The van der Waals surface area contributed by atoms with Gasteiger partial charge in [0.15, 0.2) is 0 Å². The molecule has 1 heterocycles. The van der Waals surface area contributed by atoms with Crippen molar-refractivity contribution in [1.29, 1.82) is 0 Å². The van der Waals surface area contributed by atoms with Crippen molar-refractivity contribution in [2.45, 2.75) is 12.7 Å². The molecule has 0 atom stereocenters. The Kier molecular flexibility index (Phi) is 4.98. The molecule has 9 heteroatoms. The minimum atomic E-state index is -4.56. The lowest BCUT2D eigenvalue weighted by Gasteiger charge is -2.21. The van der Waals surface area contributed by atoms with Crippen LogP contribution in [0, 0.1) is 0 Å². The predicted octanol–water partition coefficient (Wildman–Crippen LogP) is 1.04. The van der Waals surface area contributed by atoms with Crippen LogP contribution in [0.15, 0.2) is 12.1 Å². The summed E-state index contributed by atoms with van der Waals surface area (Å²) in [4.78, 5) is 4.90. The molecule has 1 aromatic heterocycles. The number of sulfone groups is 1. The molecule has 5 nitrogen and oxygen atoms in total. The third-order valence-electron chi connectivity index (χ3n) is 2.63. The molecule has 20 heavy (non-hydrogen) atoms. The number of nitrogens with two attached hydrogens (primary N) is 1. The zero-order chi connectivity index (χ0) is 15.6. The van der Waals surface area contributed by atoms with Crippen molar-refractivity contribution in [3.05, 3.63) is 23.4 Å². The minimum Gasteiger partial charge on any atom is -0.358 e. The highest BCUT2D eigenvalue weighted by molar-refractivity contribution is 7.90. The van der Waals surface area contributed by atoms with Crippen molar-refractivity contribution >= 4 is 15.7 Å². The standard InChI is InChI=1S/C11H16F3N3O2S/c1-17(5-6-20(2,18)19)10-8(7-15)3-4-9(16-10)11(12,13)14/h3-4H,5-7,15H2,1-2H3. The van der Waals surface area contributed by atoms with Crippen LogP contribution in [-0.2, 0) is 22.6 Å². The van der Waals surface area contributed by atoms with E-state index in [9.17, 15) is 21.6 Å². The predicted molar refractivity (Wildman–Crippen MR) is 70.1 cm³/mol. The van der Waals surface area contributed by atoms with Gasteiger partial charge in [-0.3, -0.25) is 0 Å². The van der Waals surface area contributed by atoms with E-state index in [4.69, 9.17) is 5.73 Å². The number of anilines is 1.